The van der Waals surface area contributed by atoms with Gasteiger partial charge in [-0.25, -0.2) is 4.98 Å². The first-order valence-corrected chi connectivity index (χ1v) is 8.70. The summed E-state index contributed by atoms with van der Waals surface area (Å²) in [6.45, 7) is 0. The molecular formula is C20H16ClN5O. The van der Waals surface area contributed by atoms with E-state index in [1.54, 1.807) is 18.3 Å². The molecular weight excluding hydrogens is 362 g/mol. The van der Waals surface area contributed by atoms with Gasteiger partial charge >= 0.3 is 0 Å². The van der Waals surface area contributed by atoms with E-state index >= 15 is 0 Å². The van der Waals surface area contributed by atoms with Crippen LogP contribution in [-0.2, 0) is 11.2 Å². The molecule has 0 saturated carbocycles. The van der Waals surface area contributed by atoms with Crippen molar-refractivity contribution in [2.45, 2.75) is 6.42 Å². The van der Waals surface area contributed by atoms with Crippen LogP contribution in [0.4, 0.5) is 11.6 Å². The molecule has 2 aromatic carbocycles. The molecule has 4 rings (SSSR count). The number of nitrogens with two attached hydrogens (primary N) is 1. The summed E-state index contributed by atoms with van der Waals surface area (Å²) in [5.74, 6) is 0.784. The summed E-state index contributed by atoms with van der Waals surface area (Å²) in [5, 5.41) is 11.2. The fourth-order valence-corrected chi connectivity index (χ4v) is 3.12. The van der Waals surface area contributed by atoms with E-state index in [0.29, 0.717) is 16.7 Å². The van der Waals surface area contributed by atoms with E-state index < -0.39 is 0 Å². The Kier molecular flexibility index (Phi) is 4.48. The number of nitrogens with one attached hydrogen (secondary N) is 2. The first-order valence-electron chi connectivity index (χ1n) is 8.33. The largest absolute Gasteiger partial charge is 0.382 e. The zero-order valence-corrected chi connectivity index (χ0v) is 15.0. The summed E-state index contributed by atoms with van der Waals surface area (Å²) in [5.41, 5.74) is 9.48. The van der Waals surface area contributed by atoms with Crippen molar-refractivity contribution in [3.8, 4) is 11.1 Å². The van der Waals surface area contributed by atoms with E-state index in [1.165, 1.54) is 0 Å². The van der Waals surface area contributed by atoms with Gasteiger partial charge in [-0.2, -0.15) is 5.10 Å². The average Bonchev–Trinajstić information content (AvgIpc) is 3.02. The predicted molar refractivity (Wildman–Crippen MR) is 108 cm³/mol. The van der Waals surface area contributed by atoms with Gasteiger partial charge in [0.2, 0.25) is 5.91 Å². The van der Waals surface area contributed by atoms with Crippen LogP contribution in [0.1, 0.15) is 5.56 Å². The van der Waals surface area contributed by atoms with Gasteiger partial charge in [0, 0.05) is 16.6 Å². The van der Waals surface area contributed by atoms with Gasteiger partial charge in [0.25, 0.3) is 0 Å². The van der Waals surface area contributed by atoms with Crippen LogP contribution in [0.3, 0.4) is 0 Å². The monoisotopic (exact) mass is 377 g/mol. The number of aromatic amines is 1. The molecule has 27 heavy (non-hydrogen) atoms. The predicted octanol–water partition coefficient (Wildman–Crippen LogP) is 4.04. The Hall–Kier alpha value is -3.38. The quantitative estimate of drug-likeness (QED) is 0.500. The van der Waals surface area contributed by atoms with E-state index in [0.717, 1.165) is 27.6 Å². The fourth-order valence-electron chi connectivity index (χ4n) is 2.91. The number of hydrogen-bond acceptors (Lipinski definition) is 4. The minimum Gasteiger partial charge on any atom is -0.382 e. The third kappa shape index (κ3) is 3.75. The fraction of sp³-hybridized carbons (Fsp3) is 0.0500. The molecule has 4 N–H and O–H groups in total. The number of benzene rings is 2. The number of carbonyl (C=O) groups excluding carboxylic acids is 1. The molecule has 0 radical (unpaired) electrons. The van der Waals surface area contributed by atoms with Crippen molar-refractivity contribution >= 4 is 40.0 Å². The van der Waals surface area contributed by atoms with Crippen LogP contribution in [0.25, 0.3) is 22.0 Å². The second-order valence-corrected chi connectivity index (χ2v) is 6.59. The van der Waals surface area contributed by atoms with Crippen LogP contribution in [-0.4, -0.2) is 21.1 Å². The topological polar surface area (TPSA) is 96.7 Å². The van der Waals surface area contributed by atoms with Gasteiger partial charge in [-0.1, -0.05) is 29.8 Å². The van der Waals surface area contributed by atoms with E-state index in [4.69, 9.17) is 17.3 Å². The number of carbonyl (C=O) groups is 1. The molecule has 0 aliphatic rings. The molecule has 2 heterocycles. The molecule has 1 amide bonds. The maximum absolute atomic E-state index is 12.3. The highest BCUT2D eigenvalue weighted by atomic mass is 35.5. The smallest absolute Gasteiger partial charge is 0.229 e. The van der Waals surface area contributed by atoms with E-state index in [-0.39, 0.29) is 12.3 Å². The van der Waals surface area contributed by atoms with Crippen LogP contribution < -0.4 is 11.1 Å². The van der Waals surface area contributed by atoms with Crippen molar-refractivity contribution in [3.63, 3.8) is 0 Å². The zero-order valence-electron chi connectivity index (χ0n) is 14.2. The van der Waals surface area contributed by atoms with Crippen molar-refractivity contribution in [1.29, 1.82) is 0 Å². The number of fused-ring (bicyclic) bond motifs is 1. The van der Waals surface area contributed by atoms with E-state index in [9.17, 15) is 4.79 Å². The molecule has 4 aromatic rings. The van der Waals surface area contributed by atoms with Crippen molar-refractivity contribution < 1.29 is 4.79 Å². The van der Waals surface area contributed by atoms with Crippen LogP contribution in [0.2, 0.25) is 5.02 Å². The molecule has 0 atom stereocenters. The number of aromatic nitrogens is 3. The Morgan fingerprint density at radius 3 is 2.81 bits per heavy atom. The molecule has 7 heteroatoms. The first-order chi connectivity index (χ1) is 13.1. The number of anilines is 2. The SMILES string of the molecule is Nc1n[nH]c2ccc(-c3ccnc(NC(=O)Cc4cccc(Cl)c4)c3)cc12. The summed E-state index contributed by atoms with van der Waals surface area (Å²) >= 11 is 5.96. The third-order valence-electron chi connectivity index (χ3n) is 4.21. The maximum atomic E-state index is 12.3. The number of amides is 1. The number of rotatable bonds is 4. The van der Waals surface area contributed by atoms with Gasteiger partial charge in [0.1, 0.15) is 5.82 Å². The minimum absolute atomic E-state index is 0.156. The number of H-pyrrole nitrogens is 1. The lowest BCUT2D eigenvalue weighted by Crippen LogP contribution is -2.15. The highest BCUT2D eigenvalue weighted by molar-refractivity contribution is 6.30. The second-order valence-electron chi connectivity index (χ2n) is 6.15. The van der Waals surface area contributed by atoms with Crippen molar-refractivity contribution in [1.82, 2.24) is 15.2 Å². The Morgan fingerprint density at radius 1 is 1.11 bits per heavy atom. The number of halogens is 1. The van der Waals surface area contributed by atoms with Gasteiger partial charge < -0.3 is 11.1 Å². The van der Waals surface area contributed by atoms with Crippen molar-refractivity contribution in [2.24, 2.45) is 0 Å². The number of nitrogens with zero attached hydrogens (tertiary/aromatic N) is 2. The number of pyridine rings is 1. The molecule has 0 bridgehead atoms. The van der Waals surface area contributed by atoms with Crippen LogP contribution >= 0.6 is 11.6 Å². The molecule has 134 valence electrons. The molecule has 6 nitrogen and oxygen atoms in total. The molecule has 0 aliphatic heterocycles. The Balaban J connectivity index is 1.54. The Labute approximate surface area is 160 Å². The number of nitrogen functional groups attached to an aromatic ring is 1. The highest BCUT2D eigenvalue weighted by Crippen LogP contribution is 2.27. The zero-order chi connectivity index (χ0) is 18.8. The van der Waals surface area contributed by atoms with Crippen LogP contribution in [0.5, 0.6) is 0 Å². The lowest BCUT2D eigenvalue weighted by molar-refractivity contribution is -0.115. The summed E-state index contributed by atoms with van der Waals surface area (Å²) in [6.07, 6.45) is 1.89. The van der Waals surface area contributed by atoms with Gasteiger partial charge in [-0.15, -0.1) is 0 Å². The standard InChI is InChI=1S/C20H16ClN5O/c21-15-3-1-2-12(8-15)9-19(27)24-18-11-14(6-7-23-18)13-4-5-17-16(10-13)20(22)26-25-17/h1-8,10-11H,9H2,(H3,22,25,26)(H,23,24,27). The van der Waals surface area contributed by atoms with Crippen molar-refractivity contribution in [2.75, 3.05) is 11.1 Å². The van der Waals surface area contributed by atoms with Crippen LogP contribution in [0.15, 0.2) is 60.8 Å². The number of hydrogen-bond donors (Lipinski definition) is 3. The molecule has 0 fully saturated rings. The lowest BCUT2D eigenvalue weighted by Gasteiger charge is -2.07. The molecule has 0 spiro atoms. The van der Waals surface area contributed by atoms with Gasteiger partial charge in [-0.3, -0.25) is 9.89 Å². The maximum Gasteiger partial charge on any atom is 0.229 e. The Morgan fingerprint density at radius 2 is 1.96 bits per heavy atom. The van der Waals surface area contributed by atoms with Crippen molar-refractivity contribution in [3.05, 3.63) is 71.4 Å². The summed E-state index contributed by atoms with van der Waals surface area (Å²) in [7, 11) is 0. The Bertz CT molecular complexity index is 1140. The highest BCUT2D eigenvalue weighted by Gasteiger charge is 2.08. The normalized spacial score (nSPS) is 10.9. The summed E-state index contributed by atoms with van der Waals surface area (Å²) < 4.78 is 0. The average molecular weight is 378 g/mol. The minimum atomic E-state index is -0.156. The second kappa shape index (κ2) is 7.09. The third-order valence-corrected chi connectivity index (χ3v) is 4.44. The molecule has 0 saturated heterocycles. The van der Waals surface area contributed by atoms with Crippen LogP contribution in [0, 0.1) is 0 Å². The first kappa shape index (κ1) is 17.1. The summed E-state index contributed by atoms with van der Waals surface area (Å²) in [4.78, 5) is 16.5. The van der Waals surface area contributed by atoms with Gasteiger partial charge in [0.05, 0.1) is 11.9 Å². The molecule has 0 unspecified atom stereocenters. The molecule has 2 aromatic heterocycles. The lowest BCUT2D eigenvalue weighted by atomic mass is 10.0. The van der Waals surface area contributed by atoms with E-state index in [2.05, 4.69) is 20.5 Å². The molecule has 0 aliphatic carbocycles. The van der Waals surface area contributed by atoms with Gasteiger partial charge in [0.15, 0.2) is 5.82 Å². The van der Waals surface area contributed by atoms with E-state index in [1.807, 2.05) is 42.5 Å². The van der Waals surface area contributed by atoms with Gasteiger partial charge in [-0.05, 0) is 53.1 Å². The summed E-state index contributed by atoms with van der Waals surface area (Å²) in [6, 6.07) is 16.8.